The standard InChI is InChI=1S/C13H20N2O5/c1-8-6-14(7-9(8)12(18)20-2)13(19)15-5-3-4-10(15)11(16)17/h8-10H,3-7H2,1-2H3,(H,16,17)/t8?,9?,10-/m0/s1. The van der Waals surface area contributed by atoms with Gasteiger partial charge in [0.1, 0.15) is 6.04 Å². The fourth-order valence-corrected chi connectivity index (χ4v) is 3.02. The highest BCUT2D eigenvalue weighted by Gasteiger charge is 2.42. The summed E-state index contributed by atoms with van der Waals surface area (Å²) in [5.74, 6) is -1.58. The number of esters is 1. The third kappa shape index (κ3) is 2.57. The number of hydrogen-bond donors (Lipinski definition) is 1. The van der Waals surface area contributed by atoms with Crippen molar-refractivity contribution in [2.24, 2.45) is 11.8 Å². The lowest BCUT2D eigenvalue weighted by Crippen LogP contribution is -2.47. The zero-order chi connectivity index (χ0) is 14.9. The van der Waals surface area contributed by atoms with Crippen LogP contribution in [0.1, 0.15) is 19.8 Å². The first-order valence-electron chi connectivity index (χ1n) is 6.82. The van der Waals surface area contributed by atoms with Gasteiger partial charge in [0.15, 0.2) is 0 Å². The van der Waals surface area contributed by atoms with Crippen LogP contribution >= 0.6 is 0 Å². The molecule has 2 amide bonds. The van der Waals surface area contributed by atoms with Crippen LogP contribution in [0.25, 0.3) is 0 Å². The number of methoxy groups -OCH3 is 1. The number of carboxylic acid groups (broad SMARTS) is 1. The Morgan fingerprint density at radius 3 is 2.55 bits per heavy atom. The predicted molar refractivity (Wildman–Crippen MR) is 69.0 cm³/mol. The number of nitrogens with zero attached hydrogens (tertiary/aromatic N) is 2. The summed E-state index contributed by atoms with van der Waals surface area (Å²) < 4.78 is 4.73. The number of carbonyl (C=O) groups is 3. The first kappa shape index (κ1) is 14.6. The summed E-state index contributed by atoms with van der Waals surface area (Å²) >= 11 is 0. The topological polar surface area (TPSA) is 87.2 Å². The van der Waals surface area contributed by atoms with E-state index in [0.29, 0.717) is 32.5 Å². The van der Waals surface area contributed by atoms with Crippen LogP contribution in [0, 0.1) is 11.8 Å². The molecule has 0 aromatic heterocycles. The third-order valence-electron chi connectivity index (χ3n) is 4.17. The minimum absolute atomic E-state index is 0.0253. The number of aliphatic carboxylic acids is 1. The average Bonchev–Trinajstić information content (AvgIpc) is 3.03. The van der Waals surface area contributed by atoms with Crippen LogP contribution in [0.2, 0.25) is 0 Å². The minimum Gasteiger partial charge on any atom is -0.480 e. The van der Waals surface area contributed by atoms with Crippen molar-refractivity contribution in [2.75, 3.05) is 26.7 Å². The Morgan fingerprint density at radius 1 is 1.25 bits per heavy atom. The van der Waals surface area contributed by atoms with Crippen molar-refractivity contribution in [1.29, 1.82) is 0 Å². The number of rotatable bonds is 2. The van der Waals surface area contributed by atoms with Gasteiger partial charge in [0, 0.05) is 19.6 Å². The second kappa shape index (κ2) is 5.68. The highest BCUT2D eigenvalue weighted by atomic mass is 16.5. The van der Waals surface area contributed by atoms with E-state index >= 15 is 0 Å². The van der Waals surface area contributed by atoms with Crippen LogP contribution in [0.4, 0.5) is 4.79 Å². The van der Waals surface area contributed by atoms with Gasteiger partial charge in [0.25, 0.3) is 0 Å². The molecule has 2 unspecified atom stereocenters. The Bertz CT molecular complexity index is 425. The fourth-order valence-electron chi connectivity index (χ4n) is 3.02. The van der Waals surface area contributed by atoms with Crippen LogP contribution < -0.4 is 0 Å². The number of hydrogen-bond acceptors (Lipinski definition) is 4. The van der Waals surface area contributed by atoms with Crippen LogP contribution in [0.15, 0.2) is 0 Å². The smallest absolute Gasteiger partial charge is 0.326 e. The summed E-state index contributed by atoms with van der Waals surface area (Å²) in [4.78, 5) is 38.1. The maximum atomic E-state index is 12.4. The van der Waals surface area contributed by atoms with Crippen molar-refractivity contribution in [3.63, 3.8) is 0 Å². The monoisotopic (exact) mass is 284 g/mol. The normalized spacial score (nSPS) is 29.6. The molecule has 0 radical (unpaired) electrons. The Kier molecular flexibility index (Phi) is 4.15. The van der Waals surface area contributed by atoms with Crippen molar-refractivity contribution in [3.8, 4) is 0 Å². The number of urea groups is 1. The molecule has 0 saturated carbocycles. The maximum absolute atomic E-state index is 12.4. The largest absolute Gasteiger partial charge is 0.480 e. The van der Waals surface area contributed by atoms with E-state index in [-0.39, 0.29) is 23.8 Å². The Balaban J connectivity index is 2.04. The molecule has 1 N–H and O–H groups in total. The molecular weight excluding hydrogens is 264 g/mol. The first-order valence-corrected chi connectivity index (χ1v) is 6.82. The van der Waals surface area contributed by atoms with E-state index in [9.17, 15) is 14.4 Å². The molecule has 2 rings (SSSR count). The van der Waals surface area contributed by atoms with Gasteiger partial charge >= 0.3 is 18.0 Å². The van der Waals surface area contributed by atoms with E-state index in [1.807, 2.05) is 6.92 Å². The number of carboxylic acids is 1. The Morgan fingerprint density at radius 2 is 1.95 bits per heavy atom. The fraction of sp³-hybridized carbons (Fsp3) is 0.769. The van der Waals surface area contributed by atoms with Crippen LogP contribution in [-0.4, -0.2) is 65.7 Å². The molecule has 112 valence electrons. The summed E-state index contributed by atoms with van der Waals surface area (Å²) in [6.07, 6.45) is 1.19. The third-order valence-corrected chi connectivity index (χ3v) is 4.17. The van der Waals surface area contributed by atoms with Crippen molar-refractivity contribution < 1.29 is 24.2 Å². The zero-order valence-electron chi connectivity index (χ0n) is 11.7. The Labute approximate surface area is 117 Å². The summed E-state index contributed by atoms with van der Waals surface area (Å²) in [6.45, 7) is 3.12. The van der Waals surface area contributed by atoms with Gasteiger partial charge in [0.05, 0.1) is 13.0 Å². The number of amides is 2. The second-order valence-corrected chi connectivity index (χ2v) is 5.48. The van der Waals surface area contributed by atoms with Crippen molar-refractivity contribution in [3.05, 3.63) is 0 Å². The van der Waals surface area contributed by atoms with Crippen molar-refractivity contribution >= 4 is 18.0 Å². The molecule has 0 aromatic carbocycles. The number of likely N-dealkylation sites (tertiary alicyclic amines) is 2. The quantitative estimate of drug-likeness (QED) is 0.741. The van der Waals surface area contributed by atoms with Gasteiger partial charge in [-0.25, -0.2) is 9.59 Å². The van der Waals surface area contributed by atoms with Crippen LogP contribution in [0.5, 0.6) is 0 Å². The molecular formula is C13H20N2O5. The lowest BCUT2D eigenvalue weighted by Gasteiger charge is -2.27. The summed E-state index contributed by atoms with van der Waals surface area (Å²) in [7, 11) is 1.33. The predicted octanol–water partition coefficient (Wildman–Crippen LogP) is 0.396. The van der Waals surface area contributed by atoms with Gasteiger partial charge < -0.3 is 19.6 Å². The molecule has 7 heteroatoms. The molecule has 0 aliphatic carbocycles. The van der Waals surface area contributed by atoms with E-state index in [4.69, 9.17) is 9.84 Å². The highest BCUT2D eigenvalue weighted by molar-refractivity contribution is 5.84. The SMILES string of the molecule is COC(=O)C1CN(C(=O)N2CCC[C@H]2C(=O)O)CC1C. The summed E-state index contributed by atoms with van der Waals surface area (Å²) in [5.41, 5.74) is 0. The lowest BCUT2D eigenvalue weighted by atomic mass is 9.99. The minimum atomic E-state index is -0.965. The molecule has 2 saturated heterocycles. The van der Waals surface area contributed by atoms with Gasteiger partial charge in [-0.1, -0.05) is 6.92 Å². The molecule has 0 aromatic rings. The molecule has 2 heterocycles. The highest BCUT2D eigenvalue weighted by Crippen LogP contribution is 2.27. The molecule has 2 aliphatic heterocycles. The molecule has 20 heavy (non-hydrogen) atoms. The van der Waals surface area contributed by atoms with Gasteiger partial charge in [-0.15, -0.1) is 0 Å². The van der Waals surface area contributed by atoms with E-state index in [0.717, 1.165) is 0 Å². The van der Waals surface area contributed by atoms with Crippen molar-refractivity contribution in [2.45, 2.75) is 25.8 Å². The van der Waals surface area contributed by atoms with E-state index in [1.54, 1.807) is 4.90 Å². The maximum Gasteiger partial charge on any atom is 0.326 e. The first-order chi connectivity index (χ1) is 9.45. The molecule has 0 spiro atoms. The van der Waals surface area contributed by atoms with Gasteiger partial charge in [-0.2, -0.15) is 0 Å². The molecule has 2 fully saturated rings. The summed E-state index contributed by atoms with van der Waals surface area (Å²) in [6, 6.07) is -1.02. The number of ether oxygens (including phenoxy) is 1. The molecule has 3 atom stereocenters. The van der Waals surface area contributed by atoms with Crippen LogP contribution in [-0.2, 0) is 14.3 Å². The molecule has 2 aliphatic rings. The van der Waals surface area contributed by atoms with E-state index < -0.39 is 12.0 Å². The molecule has 0 bridgehead atoms. The van der Waals surface area contributed by atoms with Gasteiger partial charge in [-0.05, 0) is 18.8 Å². The molecule has 7 nitrogen and oxygen atoms in total. The van der Waals surface area contributed by atoms with E-state index in [2.05, 4.69) is 0 Å². The van der Waals surface area contributed by atoms with Crippen LogP contribution in [0.3, 0.4) is 0 Å². The van der Waals surface area contributed by atoms with E-state index in [1.165, 1.54) is 12.0 Å². The summed E-state index contributed by atoms with van der Waals surface area (Å²) in [5, 5.41) is 9.12. The lowest BCUT2D eigenvalue weighted by molar-refractivity contribution is -0.146. The van der Waals surface area contributed by atoms with Gasteiger partial charge in [-0.3, -0.25) is 4.79 Å². The van der Waals surface area contributed by atoms with Crippen molar-refractivity contribution in [1.82, 2.24) is 9.80 Å². The number of carbonyl (C=O) groups excluding carboxylic acids is 2. The zero-order valence-corrected chi connectivity index (χ0v) is 11.7. The average molecular weight is 284 g/mol. The second-order valence-electron chi connectivity index (χ2n) is 5.48. The Hall–Kier alpha value is -1.79. The van der Waals surface area contributed by atoms with Gasteiger partial charge in [0.2, 0.25) is 0 Å².